The summed E-state index contributed by atoms with van der Waals surface area (Å²) in [6.07, 6.45) is 0.989. The molecular weight excluding hydrogens is 258 g/mol. The molecule has 0 aliphatic carbocycles. The van der Waals surface area contributed by atoms with Crippen molar-refractivity contribution in [1.29, 1.82) is 0 Å². The largest absolute Gasteiger partial charge is 0.330 e. The van der Waals surface area contributed by atoms with E-state index >= 15 is 0 Å². The van der Waals surface area contributed by atoms with E-state index in [0.29, 0.717) is 12.1 Å². The van der Waals surface area contributed by atoms with Crippen LogP contribution in [-0.2, 0) is 0 Å². The molecule has 0 fully saturated rings. The van der Waals surface area contributed by atoms with Crippen LogP contribution in [0.2, 0.25) is 0 Å². The van der Waals surface area contributed by atoms with E-state index in [0.717, 1.165) is 25.6 Å². The molecule has 0 aliphatic rings. The van der Waals surface area contributed by atoms with Crippen LogP contribution in [0.15, 0.2) is 18.2 Å². The van der Waals surface area contributed by atoms with E-state index in [1.165, 1.54) is 12.1 Å². The summed E-state index contributed by atoms with van der Waals surface area (Å²) in [5, 5.41) is 0. The van der Waals surface area contributed by atoms with Gasteiger partial charge in [-0.05, 0) is 49.5 Å². The van der Waals surface area contributed by atoms with Gasteiger partial charge in [-0.15, -0.1) is 0 Å². The third-order valence-corrected chi connectivity index (χ3v) is 3.61. The summed E-state index contributed by atoms with van der Waals surface area (Å²) < 4.78 is 26.7. The van der Waals surface area contributed by atoms with E-state index in [1.807, 2.05) is 6.92 Å². The molecular formula is C16H26F2N2. The molecule has 1 rings (SSSR count). The lowest BCUT2D eigenvalue weighted by Gasteiger charge is -2.36. The Kier molecular flexibility index (Phi) is 6.08. The summed E-state index contributed by atoms with van der Waals surface area (Å²) in [6, 6.07) is 3.69. The monoisotopic (exact) mass is 284 g/mol. The lowest BCUT2D eigenvalue weighted by molar-refractivity contribution is 0.140. The SMILES string of the molecule is CCCN(CC(C)(C)CN)C(C)c1cc(F)cc(F)c1. The van der Waals surface area contributed by atoms with Crippen LogP contribution in [0.3, 0.4) is 0 Å². The highest BCUT2D eigenvalue weighted by Gasteiger charge is 2.24. The Labute approximate surface area is 121 Å². The summed E-state index contributed by atoms with van der Waals surface area (Å²) in [5.74, 6) is -1.05. The molecule has 0 aromatic heterocycles. The zero-order chi connectivity index (χ0) is 15.3. The van der Waals surface area contributed by atoms with Gasteiger partial charge in [0.05, 0.1) is 0 Å². The maximum Gasteiger partial charge on any atom is 0.126 e. The van der Waals surface area contributed by atoms with Crippen LogP contribution in [0.1, 0.15) is 45.7 Å². The lowest BCUT2D eigenvalue weighted by Crippen LogP contribution is -2.40. The second kappa shape index (κ2) is 7.14. The molecule has 0 saturated carbocycles. The van der Waals surface area contributed by atoms with E-state index in [1.54, 1.807) is 0 Å². The predicted molar refractivity (Wildman–Crippen MR) is 79.5 cm³/mol. The van der Waals surface area contributed by atoms with Crippen molar-refractivity contribution in [3.8, 4) is 0 Å². The molecule has 0 saturated heterocycles. The van der Waals surface area contributed by atoms with Gasteiger partial charge >= 0.3 is 0 Å². The first-order valence-electron chi connectivity index (χ1n) is 7.19. The number of rotatable bonds is 7. The molecule has 1 aromatic carbocycles. The van der Waals surface area contributed by atoms with Gasteiger partial charge in [-0.3, -0.25) is 4.90 Å². The molecule has 0 radical (unpaired) electrons. The minimum Gasteiger partial charge on any atom is -0.330 e. The minimum atomic E-state index is -0.526. The average molecular weight is 284 g/mol. The highest BCUT2D eigenvalue weighted by molar-refractivity contribution is 5.21. The Morgan fingerprint density at radius 2 is 1.75 bits per heavy atom. The third kappa shape index (κ3) is 4.84. The zero-order valence-corrected chi connectivity index (χ0v) is 12.9. The van der Waals surface area contributed by atoms with Crippen molar-refractivity contribution in [3.63, 3.8) is 0 Å². The first kappa shape index (κ1) is 17.1. The second-order valence-corrected chi connectivity index (χ2v) is 6.22. The summed E-state index contributed by atoms with van der Waals surface area (Å²) in [5.41, 5.74) is 6.44. The minimum absolute atomic E-state index is 0.0186. The fraction of sp³-hybridized carbons (Fsp3) is 0.625. The van der Waals surface area contributed by atoms with Crippen LogP contribution in [0.4, 0.5) is 8.78 Å². The van der Waals surface area contributed by atoms with Crippen LogP contribution < -0.4 is 5.73 Å². The van der Waals surface area contributed by atoms with Crippen molar-refractivity contribution in [2.75, 3.05) is 19.6 Å². The van der Waals surface area contributed by atoms with Gasteiger partial charge in [0.15, 0.2) is 0 Å². The van der Waals surface area contributed by atoms with E-state index in [4.69, 9.17) is 5.73 Å². The quantitative estimate of drug-likeness (QED) is 0.827. The number of hydrogen-bond donors (Lipinski definition) is 1. The van der Waals surface area contributed by atoms with Crippen molar-refractivity contribution >= 4 is 0 Å². The van der Waals surface area contributed by atoms with Gasteiger partial charge in [-0.1, -0.05) is 20.8 Å². The van der Waals surface area contributed by atoms with Crippen LogP contribution in [0, 0.1) is 17.0 Å². The maximum absolute atomic E-state index is 13.4. The third-order valence-electron chi connectivity index (χ3n) is 3.61. The summed E-state index contributed by atoms with van der Waals surface area (Å²) in [4.78, 5) is 2.24. The van der Waals surface area contributed by atoms with E-state index in [9.17, 15) is 8.78 Å². The first-order chi connectivity index (χ1) is 9.29. The molecule has 0 aliphatic heterocycles. The summed E-state index contributed by atoms with van der Waals surface area (Å²) in [6.45, 7) is 10.6. The number of hydrogen-bond acceptors (Lipinski definition) is 2. The molecule has 1 unspecified atom stereocenters. The fourth-order valence-corrected chi connectivity index (χ4v) is 2.34. The number of nitrogens with two attached hydrogens (primary N) is 1. The smallest absolute Gasteiger partial charge is 0.126 e. The Morgan fingerprint density at radius 1 is 1.20 bits per heavy atom. The highest BCUT2D eigenvalue weighted by Crippen LogP contribution is 2.26. The molecule has 0 amide bonds. The first-order valence-corrected chi connectivity index (χ1v) is 7.19. The Bertz CT molecular complexity index is 412. The van der Waals surface area contributed by atoms with Crippen molar-refractivity contribution in [2.24, 2.45) is 11.1 Å². The molecule has 114 valence electrons. The van der Waals surface area contributed by atoms with Crippen LogP contribution >= 0.6 is 0 Å². The fourth-order valence-electron chi connectivity index (χ4n) is 2.34. The number of nitrogens with zero attached hydrogens (tertiary/aromatic N) is 1. The van der Waals surface area contributed by atoms with E-state index in [2.05, 4.69) is 25.7 Å². The molecule has 0 bridgehead atoms. The highest BCUT2D eigenvalue weighted by atomic mass is 19.1. The van der Waals surface area contributed by atoms with Crippen molar-refractivity contribution in [3.05, 3.63) is 35.4 Å². The summed E-state index contributed by atoms with van der Waals surface area (Å²) in [7, 11) is 0. The van der Waals surface area contributed by atoms with Crippen LogP contribution in [0.25, 0.3) is 0 Å². The zero-order valence-electron chi connectivity index (χ0n) is 12.9. The molecule has 20 heavy (non-hydrogen) atoms. The Morgan fingerprint density at radius 3 is 2.20 bits per heavy atom. The van der Waals surface area contributed by atoms with Crippen molar-refractivity contribution < 1.29 is 8.78 Å². The standard InChI is InChI=1S/C16H26F2N2/c1-5-6-20(11-16(3,4)10-19)12(2)13-7-14(17)9-15(18)8-13/h7-9,12H,5-6,10-11,19H2,1-4H3. The summed E-state index contributed by atoms with van der Waals surface area (Å²) >= 11 is 0. The average Bonchev–Trinajstić information content (AvgIpc) is 2.36. The normalized spacial score (nSPS) is 13.8. The molecule has 1 atom stereocenters. The van der Waals surface area contributed by atoms with Gasteiger partial charge in [-0.25, -0.2) is 8.78 Å². The van der Waals surface area contributed by atoms with Gasteiger partial charge in [-0.2, -0.15) is 0 Å². The van der Waals surface area contributed by atoms with Gasteiger partial charge < -0.3 is 5.73 Å². The topological polar surface area (TPSA) is 29.3 Å². The van der Waals surface area contributed by atoms with Crippen LogP contribution in [0.5, 0.6) is 0 Å². The van der Waals surface area contributed by atoms with Crippen molar-refractivity contribution in [2.45, 2.75) is 40.2 Å². The molecule has 0 heterocycles. The van der Waals surface area contributed by atoms with Gasteiger partial charge in [0.25, 0.3) is 0 Å². The molecule has 2 nitrogen and oxygen atoms in total. The Balaban J connectivity index is 2.95. The molecule has 1 aromatic rings. The predicted octanol–water partition coefficient (Wildman–Crippen LogP) is 3.72. The molecule has 0 spiro atoms. The van der Waals surface area contributed by atoms with Gasteiger partial charge in [0, 0.05) is 18.7 Å². The number of benzene rings is 1. The van der Waals surface area contributed by atoms with Crippen molar-refractivity contribution in [1.82, 2.24) is 4.90 Å². The van der Waals surface area contributed by atoms with E-state index < -0.39 is 11.6 Å². The number of halogens is 2. The second-order valence-electron chi connectivity index (χ2n) is 6.22. The van der Waals surface area contributed by atoms with E-state index in [-0.39, 0.29) is 11.5 Å². The van der Waals surface area contributed by atoms with Crippen LogP contribution in [-0.4, -0.2) is 24.5 Å². The lowest BCUT2D eigenvalue weighted by atomic mass is 9.91. The maximum atomic E-state index is 13.4. The van der Waals surface area contributed by atoms with Gasteiger partial charge in [0.2, 0.25) is 0 Å². The molecule has 4 heteroatoms. The molecule has 2 N–H and O–H groups in total. The van der Waals surface area contributed by atoms with Gasteiger partial charge in [0.1, 0.15) is 11.6 Å². The Hall–Kier alpha value is -1.00.